The first-order chi connectivity index (χ1) is 13.0. The molecule has 0 bridgehead atoms. The molecule has 2 aromatic carbocycles. The minimum absolute atomic E-state index is 0.0517. The molecule has 0 saturated carbocycles. The molecule has 0 fully saturated rings. The molecular weight excluding hydrogens is 346 g/mol. The number of nitrogens with one attached hydrogen (secondary N) is 1. The van der Waals surface area contributed by atoms with E-state index in [9.17, 15) is 14.4 Å². The van der Waals surface area contributed by atoms with Gasteiger partial charge in [0.05, 0.1) is 13.0 Å². The molecule has 1 amide bonds. The molecule has 6 nitrogen and oxygen atoms in total. The van der Waals surface area contributed by atoms with Crippen LogP contribution < -0.4 is 10.1 Å². The van der Waals surface area contributed by atoms with E-state index in [0.29, 0.717) is 29.2 Å². The number of anilines is 1. The van der Waals surface area contributed by atoms with Crippen LogP contribution >= 0.6 is 0 Å². The summed E-state index contributed by atoms with van der Waals surface area (Å²) in [5.74, 6) is -0.631. The highest BCUT2D eigenvalue weighted by atomic mass is 16.5. The van der Waals surface area contributed by atoms with Crippen LogP contribution in [0.5, 0.6) is 5.75 Å². The van der Waals surface area contributed by atoms with Gasteiger partial charge in [-0.05, 0) is 48.4 Å². The number of benzene rings is 2. The first-order valence-corrected chi connectivity index (χ1v) is 8.84. The number of hydrogen-bond donors (Lipinski definition) is 2. The van der Waals surface area contributed by atoms with E-state index in [1.807, 2.05) is 6.92 Å². The van der Waals surface area contributed by atoms with Crippen molar-refractivity contribution in [3.05, 3.63) is 59.7 Å². The Morgan fingerprint density at radius 3 is 2.44 bits per heavy atom. The average molecular weight is 369 g/mol. The monoisotopic (exact) mass is 369 g/mol. The van der Waals surface area contributed by atoms with E-state index in [-0.39, 0.29) is 31.0 Å². The first kappa shape index (κ1) is 20.2. The molecule has 0 saturated heterocycles. The number of hydrogen-bond acceptors (Lipinski definition) is 4. The van der Waals surface area contributed by atoms with Crippen molar-refractivity contribution in [2.45, 2.75) is 32.6 Å². The highest BCUT2D eigenvalue weighted by Gasteiger charge is 2.10. The summed E-state index contributed by atoms with van der Waals surface area (Å²) in [6.45, 7) is 2.65. The summed E-state index contributed by atoms with van der Waals surface area (Å²) in [4.78, 5) is 35.0. The molecule has 0 unspecified atom stereocenters. The van der Waals surface area contributed by atoms with E-state index in [2.05, 4.69) is 5.32 Å². The fraction of sp³-hybridized carbons (Fsp3) is 0.286. The lowest BCUT2D eigenvalue weighted by molar-refractivity contribution is -0.136. The second-order valence-corrected chi connectivity index (χ2v) is 6.12. The Balaban J connectivity index is 1.84. The summed E-state index contributed by atoms with van der Waals surface area (Å²) in [6.07, 6.45) is 0.945. The zero-order valence-corrected chi connectivity index (χ0v) is 15.2. The summed E-state index contributed by atoms with van der Waals surface area (Å²) in [7, 11) is 0. The van der Waals surface area contributed by atoms with Crippen molar-refractivity contribution in [3.8, 4) is 5.75 Å². The molecule has 0 spiro atoms. The molecule has 0 atom stereocenters. The highest BCUT2D eigenvalue weighted by Crippen LogP contribution is 2.15. The molecule has 0 heterocycles. The molecule has 6 heteroatoms. The van der Waals surface area contributed by atoms with Gasteiger partial charge in [-0.1, -0.05) is 19.1 Å². The van der Waals surface area contributed by atoms with Crippen molar-refractivity contribution in [1.82, 2.24) is 0 Å². The number of ketones is 1. The van der Waals surface area contributed by atoms with E-state index in [0.717, 1.165) is 6.42 Å². The molecule has 0 aliphatic heterocycles. The van der Waals surface area contributed by atoms with Gasteiger partial charge in [-0.2, -0.15) is 0 Å². The third kappa shape index (κ3) is 6.93. The average Bonchev–Trinajstić information content (AvgIpc) is 2.64. The van der Waals surface area contributed by atoms with E-state index in [1.165, 1.54) is 0 Å². The van der Waals surface area contributed by atoms with Crippen molar-refractivity contribution in [2.24, 2.45) is 0 Å². The summed E-state index contributed by atoms with van der Waals surface area (Å²) >= 11 is 0. The third-order valence-corrected chi connectivity index (χ3v) is 3.79. The number of carboxylic acid groups (broad SMARTS) is 1. The number of ether oxygens (including phenoxy) is 1. The van der Waals surface area contributed by atoms with E-state index in [1.54, 1.807) is 48.5 Å². The predicted molar refractivity (Wildman–Crippen MR) is 102 cm³/mol. The minimum atomic E-state index is -0.935. The van der Waals surface area contributed by atoms with Gasteiger partial charge >= 0.3 is 5.97 Å². The van der Waals surface area contributed by atoms with Crippen LogP contribution in [0.3, 0.4) is 0 Å². The lowest BCUT2D eigenvalue weighted by Crippen LogP contribution is -2.14. The van der Waals surface area contributed by atoms with Crippen LogP contribution in [0.2, 0.25) is 0 Å². The number of carbonyl (C=O) groups excluding carboxylic acids is 2. The second-order valence-electron chi connectivity index (χ2n) is 6.12. The molecule has 142 valence electrons. The Labute approximate surface area is 158 Å². The minimum Gasteiger partial charge on any atom is -0.494 e. The van der Waals surface area contributed by atoms with Crippen LogP contribution in [0.15, 0.2) is 48.5 Å². The van der Waals surface area contributed by atoms with Crippen molar-refractivity contribution >= 4 is 23.3 Å². The Hall–Kier alpha value is -3.15. The first-order valence-electron chi connectivity index (χ1n) is 8.84. The number of carboxylic acids is 1. The van der Waals surface area contributed by atoms with E-state index in [4.69, 9.17) is 9.84 Å². The van der Waals surface area contributed by atoms with E-state index >= 15 is 0 Å². The van der Waals surface area contributed by atoms with Crippen LogP contribution in [-0.2, 0) is 16.0 Å². The second kappa shape index (κ2) is 10.1. The molecule has 0 aliphatic carbocycles. The Bertz CT molecular complexity index is 798. The number of aliphatic carboxylic acids is 1. The zero-order valence-electron chi connectivity index (χ0n) is 15.2. The molecule has 0 aromatic heterocycles. The summed E-state index contributed by atoms with van der Waals surface area (Å²) in [6, 6.07) is 13.5. The van der Waals surface area contributed by atoms with Gasteiger partial charge in [0.25, 0.3) is 0 Å². The fourth-order valence-corrected chi connectivity index (χ4v) is 2.49. The lowest BCUT2D eigenvalue weighted by Gasteiger charge is -2.07. The molecule has 0 aliphatic rings. The fourth-order valence-electron chi connectivity index (χ4n) is 2.49. The largest absolute Gasteiger partial charge is 0.494 e. The van der Waals surface area contributed by atoms with Crippen molar-refractivity contribution in [2.75, 3.05) is 11.9 Å². The maximum atomic E-state index is 12.2. The van der Waals surface area contributed by atoms with Gasteiger partial charge in [0, 0.05) is 24.1 Å². The number of amides is 1. The molecule has 2 N–H and O–H groups in total. The van der Waals surface area contributed by atoms with Gasteiger partial charge in [0.1, 0.15) is 5.75 Å². The summed E-state index contributed by atoms with van der Waals surface area (Å²) in [5, 5.41) is 11.5. The van der Waals surface area contributed by atoms with Gasteiger partial charge in [-0.25, -0.2) is 0 Å². The van der Waals surface area contributed by atoms with Gasteiger partial charge in [-0.3, -0.25) is 14.4 Å². The van der Waals surface area contributed by atoms with Crippen LogP contribution in [0.25, 0.3) is 0 Å². The molecular formula is C21H23NO5. The van der Waals surface area contributed by atoms with Crippen LogP contribution in [0.4, 0.5) is 5.69 Å². The molecule has 27 heavy (non-hydrogen) atoms. The quantitative estimate of drug-likeness (QED) is 0.623. The summed E-state index contributed by atoms with van der Waals surface area (Å²) < 4.78 is 5.48. The van der Waals surface area contributed by atoms with Crippen molar-refractivity contribution in [3.63, 3.8) is 0 Å². The SMILES string of the molecule is CCCOc1ccc(C(=O)CCC(=O)Nc2cccc(CC(=O)O)c2)cc1. The van der Waals surface area contributed by atoms with Crippen LogP contribution in [-0.4, -0.2) is 29.4 Å². The molecule has 2 aromatic rings. The molecule has 0 radical (unpaired) electrons. The third-order valence-electron chi connectivity index (χ3n) is 3.79. The molecule has 2 rings (SSSR count). The normalized spacial score (nSPS) is 10.3. The van der Waals surface area contributed by atoms with E-state index < -0.39 is 5.97 Å². The summed E-state index contributed by atoms with van der Waals surface area (Å²) in [5.41, 5.74) is 1.65. The lowest BCUT2D eigenvalue weighted by atomic mass is 10.1. The smallest absolute Gasteiger partial charge is 0.307 e. The van der Waals surface area contributed by atoms with Crippen molar-refractivity contribution in [1.29, 1.82) is 0 Å². The Morgan fingerprint density at radius 1 is 1.04 bits per heavy atom. The van der Waals surface area contributed by atoms with Gasteiger partial charge in [0.2, 0.25) is 5.91 Å². The zero-order chi connectivity index (χ0) is 19.6. The maximum Gasteiger partial charge on any atom is 0.307 e. The number of carbonyl (C=O) groups is 3. The number of rotatable bonds is 10. The van der Waals surface area contributed by atoms with Crippen molar-refractivity contribution < 1.29 is 24.2 Å². The predicted octanol–water partition coefficient (Wildman–Crippen LogP) is 3.70. The van der Waals surface area contributed by atoms with Gasteiger partial charge in [-0.15, -0.1) is 0 Å². The highest BCUT2D eigenvalue weighted by molar-refractivity contribution is 6.00. The Morgan fingerprint density at radius 2 is 1.78 bits per heavy atom. The van der Waals surface area contributed by atoms with Gasteiger partial charge < -0.3 is 15.2 Å². The topological polar surface area (TPSA) is 92.7 Å². The van der Waals surface area contributed by atoms with Crippen LogP contribution in [0, 0.1) is 0 Å². The standard InChI is InChI=1S/C21H23NO5/c1-2-12-27-18-8-6-16(7-9-18)19(23)10-11-20(24)22-17-5-3-4-15(13-17)14-21(25)26/h3-9,13H,2,10-12,14H2,1H3,(H,22,24)(H,25,26). The van der Waals surface area contributed by atoms with Crippen LogP contribution in [0.1, 0.15) is 42.1 Å². The van der Waals surface area contributed by atoms with Gasteiger partial charge in [0.15, 0.2) is 5.78 Å². The maximum absolute atomic E-state index is 12.2. The Kier molecular flexibility index (Phi) is 7.55. The number of Topliss-reactive ketones (excluding diaryl/α,β-unsaturated/α-hetero) is 1.